The van der Waals surface area contributed by atoms with Crippen LogP contribution in [0.3, 0.4) is 0 Å². The molecule has 0 bridgehead atoms. The van der Waals surface area contributed by atoms with Gasteiger partial charge in [0.15, 0.2) is 11.5 Å². The third kappa shape index (κ3) is 5.29. The molecule has 1 unspecified atom stereocenters. The zero-order valence-corrected chi connectivity index (χ0v) is 23.4. The van der Waals surface area contributed by atoms with Crippen LogP contribution in [0.15, 0.2) is 47.5 Å². The Morgan fingerprint density at radius 2 is 1.88 bits per heavy atom. The van der Waals surface area contributed by atoms with E-state index in [9.17, 15) is 19.1 Å². The van der Waals surface area contributed by atoms with Gasteiger partial charge < -0.3 is 19.6 Å². The number of halogens is 2. The van der Waals surface area contributed by atoms with E-state index in [2.05, 4.69) is 15.0 Å². The average molecular weight is 565 g/mol. The van der Waals surface area contributed by atoms with Crippen LogP contribution in [0.25, 0.3) is 28.0 Å². The van der Waals surface area contributed by atoms with Gasteiger partial charge in [-0.2, -0.15) is 4.98 Å². The number of ether oxygens (including phenoxy) is 1. The van der Waals surface area contributed by atoms with Gasteiger partial charge in [-0.1, -0.05) is 6.07 Å². The summed E-state index contributed by atoms with van der Waals surface area (Å²) in [5.74, 6) is -2.10. The summed E-state index contributed by atoms with van der Waals surface area (Å²) in [5, 5.41) is 10.6. The van der Waals surface area contributed by atoms with Crippen molar-refractivity contribution in [1.29, 1.82) is 0 Å². The molecular weight excluding hydrogens is 534 g/mol. The predicted octanol–water partition coefficient (Wildman–Crippen LogP) is 4.58. The minimum Gasteiger partial charge on any atom is -0.507 e. The van der Waals surface area contributed by atoms with Crippen LogP contribution in [0, 0.1) is 18.6 Å². The van der Waals surface area contributed by atoms with E-state index in [-0.39, 0.29) is 42.5 Å². The summed E-state index contributed by atoms with van der Waals surface area (Å²) >= 11 is 0. The maximum absolute atomic E-state index is 15.7. The van der Waals surface area contributed by atoms with Gasteiger partial charge in [0.1, 0.15) is 28.7 Å². The van der Waals surface area contributed by atoms with Crippen LogP contribution in [0.2, 0.25) is 0 Å². The number of anilines is 1. The molecule has 10 nitrogen and oxygen atoms in total. The Bertz CT molecular complexity index is 1700. The third-order valence-electron chi connectivity index (χ3n) is 6.83. The first-order valence-electron chi connectivity index (χ1n) is 13.1. The Labute approximate surface area is 234 Å². The van der Waals surface area contributed by atoms with Gasteiger partial charge in [0, 0.05) is 31.9 Å². The highest BCUT2D eigenvalue weighted by molar-refractivity contribution is 5.91. The van der Waals surface area contributed by atoms with Crippen LogP contribution in [0.4, 0.5) is 19.4 Å². The molecule has 0 radical (unpaired) electrons. The van der Waals surface area contributed by atoms with Gasteiger partial charge >= 0.3 is 11.8 Å². The molecule has 1 aliphatic heterocycles. The number of pyridine rings is 2. The minimum atomic E-state index is -0.908. The fourth-order valence-corrected chi connectivity index (χ4v) is 4.92. The van der Waals surface area contributed by atoms with Crippen LogP contribution in [0.1, 0.15) is 33.3 Å². The normalized spacial score (nSPS) is 15.8. The van der Waals surface area contributed by atoms with E-state index >= 15 is 4.39 Å². The van der Waals surface area contributed by atoms with E-state index in [0.717, 1.165) is 12.1 Å². The number of amides is 1. The molecule has 41 heavy (non-hydrogen) atoms. The molecule has 0 spiro atoms. The van der Waals surface area contributed by atoms with Crippen molar-refractivity contribution in [3.05, 3.63) is 70.4 Å². The SMILES string of the molecule is Cc1ccncc1-n1c(=O)nc(N2CCN(C(=O)OC(C)(C)C)CC2C)c2cc(F)c(-c3c(O)cccc3F)nc21. The molecule has 1 aliphatic rings. The number of carbonyl (C=O) groups excluding carboxylic acids is 1. The molecule has 12 heteroatoms. The summed E-state index contributed by atoms with van der Waals surface area (Å²) in [6, 6.07) is 6.13. The van der Waals surface area contributed by atoms with Gasteiger partial charge in [-0.3, -0.25) is 4.98 Å². The van der Waals surface area contributed by atoms with Crippen molar-refractivity contribution in [3.63, 3.8) is 0 Å². The molecule has 5 rings (SSSR count). The first-order chi connectivity index (χ1) is 19.4. The van der Waals surface area contributed by atoms with E-state index in [1.165, 1.54) is 22.9 Å². The van der Waals surface area contributed by atoms with E-state index < -0.39 is 46.0 Å². The second kappa shape index (κ2) is 10.4. The summed E-state index contributed by atoms with van der Waals surface area (Å²) in [6.45, 7) is 9.84. The minimum absolute atomic E-state index is 0.0110. The number of nitrogens with zero attached hydrogens (tertiary/aromatic N) is 6. The number of phenols is 1. The van der Waals surface area contributed by atoms with Crippen LogP contribution in [-0.2, 0) is 4.74 Å². The molecule has 4 aromatic rings. The number of aryl methyl sites for hydroxylation is 1. The number of aromatic nitrogens is 4. The van der Waals surface area contributed by atoms with Crippen molar-refractivity contribution < 1.29 is 23.4 Å². The van der Waals surface area contributed by atoms with Crippen molar-refractivity contribution in [1.82, 2.24) is 24.4 Å². The molecule has 1 aromatic carbocycles. The number of benzene rings is 1. The Morgan fingerprint density at radius 1 is 1.12 bits per heavy atom. The number of piperazine rings is 1. The zero-order valence-electron chi connectivity index (χ0n) is 23.4. The van der Waals surface area contributed by atoms with Crippen molar-refractivity contribution in [2.75, 3.05) is 24.5 Å². The molecule has 0 aliphatic carbocycles. The molecule has 1 fully saturated rings. The lowest BCUT2D eigenvalue weighted by Crippen LogP contribution is -2.55. The van der Waals surface area contributed by atoms with Crippen molar-refractivity contribution >= 4 is 22.9 Å². The van der Waals surface area contributed by atoms with Crippen LogP contribution >= 0.6 is 0 Å². The molecule has 1 atom stereocenters. The lowest BCUT2D eigenvalue weighted by molar-refractivity contribution is 0.0218. The maximum atomic E-state index is 15.7. The number of aromatic hydroxyl groups is 1. The molecule has 1 amide bonds. The Hall–Kier alpha value is -4.61. The zero-order chi connectivity index (χ0) is 29.6. The second-order valence-corrected chi connectivity index (χ2v) is 11.0. The van der Waals surface area contributed by atoms with Crippen LogP contribution in [0.5, 0.6) is 5.75 Å². The van der Waals surface area contributed by atoms with Crippen molar-refractivity contribution in [2.24, 2.45) is 0 Å². The van der Waals surface area contributed by atoms with Crippen molar-refractivity contribution in [2.45, 2.75) is 46.3 Å². The molecule has 1 saturated heterocycles. The maximum Gasteiger partial charge on any atom is 0.410 e. The molecule has 1 N–H and O–H groups in total. The van der Waals surface area contributed by atoms with Gasteiger partial charge in [-0.25, -0.2) is 27.9 Å². The lowest BCUT2D eigenvalue weighted by Gasteiger charge is -2.41. The van der Waals surface area contributed by atoms with E-state index in [4.69, 9.17) is 4.74 Å². The number of carbonyl (C=O) groups is 1. The summed E-state index contributed by atoms with van der Waals surface area (Å²) in [7, 11) is 0. The average Bonchev–Trinajstić information content (AvgIpc) is 2.88. The number of hydrogen-bond acceptors (Lipinski definition) is 8. The van der Waals surface area contributed by atoms with E-state index in [1.807, 2.05) is 11.8 Å². The van der Waals surface area contributed by atoms with Gasteiger partial charge in [0.25, 0.3) is 0 Å². The van der Waals surface area contributed by atoms with Crippen LogP contribution in [-0.4, -0.2) is 66.9 Å². The second-order valence-electron chi connectivity index (χ2n) is 11.0. The quantitative estimate of drug-likeness (QED) is 0.385. The standard InChI is InChI=1S/C29H30F2N6O4/c1-16-9-10-32-14-21(16)37-26-18(13-20(31)24(33-26)23-19(30)7-6-8-22(23)38)25(34-27(37)39)36-12-11-35(15-17(36)2)28(40)41-29(3,4)5/h6-10,13-14,17,38H,11-12,15H2,1-5H3. The fourth-order valence-electron chi connectivity index (χ4n) is 4.92. The smallest absolute Gasteiger partial charge is 0.410 e. The van der Waals surface area contributed by atoms with E-state index in [1.54, 1.807) is 44.9 Å². The number of hydrogen-bond donors (Lipinski definition) is 1. The summed E-state index contributed by atoms with van der Waals surface area (Å²) in [5.41, 5.74) is -1.18. The van der Waals surface area contributed by atoms with Gasteiger partial charge in [0.05, 0.1) is 22.8 Å². The van der Waals surface area contributed by atoms with E-state index in [0.29, 0.717) is 11.3 Å². The highest BCUT2D eigenvalue weighted by atomic mass is 19.1. The number of rotatable bonds is 3. The first-order valence-corrected chi connectivity index (χ1v) is 13.1. The molecule has 0 saturated carbocycles. The Balaban J connectivity index is 1.69. The van der Waals surface area contributed by atoms with Gasteiger partial charge in [-0.15, -0.1) is 0 Å². The van der Waals surface area contributed by atoms with Gasteiger partial charge in [0.2, 0.25) is 0 Å². The largest absolute Gasteiger partial charge is 0.507 e. The first kappa shape index (κ1) is 27.9. The van der Waals surface area contributed by atoms with Crippen LogP contribution < -0.4 is 10.6 Å². The summed E-state index contributed by atoms with van der Waals surface area (Å²) < 4.78 is 37.2. The van der Waals surface area contributed by atoms with Gasteiger partial charge in [-0.05, 0) is 64.4 Å². The monoisotopic (exact) mass is 564 g/mol. The lowest BCUT2D eigenvalue weighted by atomic mass is 10.1. The molecule has 3 aromatic heterocycles. The molecular formula is C29H30F2N6O4. The Morgan fingerprint density at radius 3 is 2.54 bits per heavy atom. The predicted molar refractivity (Wildman–Crippen MR) is 149 cm³/mol. The fraction of sp³-hybridized carbons (Fsp3) is 0.345. The van der Waals surface area contributed by atoms with Crippen molar-refractivity contribution in [3.8, 4) is 22.7 Å². The highest BCUT2D eigenvalue weighted by Crippen LogP contribution is 2.36. The third-order valence-corrected chi connectivity index (χ3v) is 6.83. The topological polar surface area (TPSA) is 114 Å². The summed E-state index contributed by atoms with van der Waals surface area (Å²) in [6.07, 6.45) is 2.58. The number of phenolic OH excluding ortho intramolecular Hbond substituents is 1. The summed E-state index contributed by atoms with van der Waals surface area (Å²) in [4.78, 5) is 42.6. The molecule has 4 heterocycles. The Kier molecular flexibility index (Phi) is 7.10. The number of fused-ring (bicyclic) bond motifs is 1. The highest BCUT2D eigenvalue weighted by Gasteiger charge is 2.33. The molecule has 214 valence electrons.